The molecule has 16 heavy (non-hydrogen) atoms. The number of nitrogens with two attached hydrogens (primary N) is 1. The summed E-state index contributed by atoms with van der Waals surface area (Å²) in [6, 6.07) is 0. The van der Waals surface area contributed by atoms with E-state index in [0.29, 0.717) is 11.8 Å². The van der Waals surface area contributed by atoms with E-state index in [1.54, 1.807) is 0 Å². The second-order valence-corrected chi connectivity index (χ2v) is 4.72. The normalized spacial score (nSPS) is 13.3. The quantitative estimate of drug-likeness (QED) is 0.673. The zero-order chi connectivity index (χ0) is 12.0. The molecule has 4 nitrogen and oxygen atoms in total. The van der Waals surface area contributed by atoms with Crippen molar-refractivity contribution in [2.24, 2.45) is 24.6 Å². The summed E-state index contributed by atoms with van der Waals surface area (Å²) < 4.78 is 1.84. The largest absolute Gasteiger partial charge is 0.330 e. The van der Waals surface area contributed by atoms with E-state index in [2.05, 4.69) is 30.5 Å². The van der Waals surface area contributed by atoms with E-state index in [0.717, 1.165) is 26.1 Å². The number of nitrogens with zero attached hydrogens (tertiary/aromatic N) is 2. The van der Waals surface area contributed by atoms with Gasteiger partial charge in [0.15, 0.2) is 0 Å². The standard InChI is InChI=1S/C12H24N4/c1-10(2)12(6-13)8-14-5-4-11-7-15-16(3)9-11/h7,9-10,12,14H,4-6,8,13H2,1-3H3. The summed E-state index contributed by atoms with van der Waals surface area (Å²) in [4.78, 5) is 0. The van der Waals surface area contributed by atoms with Gasteiger partial charge in [0.2, 0.25) is 0 Å². The molecule has 0 fully saturated rings. The van der Waals surface area contributed by atoms with Crippen molar-refractivity contribution in [1.82, 2.24) is 15.1 Å². The van der Waals surface area contributed by atoms with E-state index in [4.69, 9.17) is 5.73 Å². The van der Waals surface area contributed by atoms with Gasteiger partial charge in [-0.2, -0.15) is 5.10 Å². The van der Waals surface area contributed by atoms with Gasteiger partial charge in [-0.3, -0.25) is 4.68 Å². The molecule has 0 radical (unpaired) electrons. The average molecular weight is 224 g/mol. The van der Waals surface area contributed by atoms with E-state index in [1.807, 2.05) is 17.9 Å². The molecule has 1 unspecified atom stereocenters. The fourth-order valence-corrected chi connectivity index (χ4v) is 1.71. The summed E-state index contributed by atoms with van der Waals surface area (Å²) in [5.74, 6) is 1.23. The highest BCUT2D eigenvalue weighted by atomic mass is 15.2. The van der Waals surface area contributed by atoms with Gasteiger partial charge >= 0.3 is 0 Å². The first kappa shape index (κ1) is 13.2. The van der Waals surface area contributed by atoms with Gasteiger partial charge in [0.1, 0.15) is 0 Å². The molecule has 1 atom stereocenters. The van der Waals surface area contributed by atoms with Gasteiger partial charge in [0.25, 0.3) is 0 Å². The van der Waals surface area contributed by atoms with Crippen molar-refractivity contribution in [2.75, 3.05) is 19.6 Å². The van der Waals surface area contributed by atoms with Crippen LogP contribution < -0.4 is 11.1 Å². The van der Waals surface area contributed by atoms with Gasteiger partial charge < -0.3 is 11.1 Å². The molecule has 0 saturated carbocycles. The lowest BCUT2D eigenvalue weighted by Crippen LogP contribution is -2.32. The van der Waals surface area contributed by atoms with Gasteiger partial charge in [0, 0.05) is 13.2 Å². The molecule has 3 N–H and O–H groups in total. The Morgan fingerprint density at radius 1 is 1.50 bits per heavy atom. The minimum atomic E-state index is 0.578. The molecule has 0 bridgehead atoms. The Bertz CT molecular complexity index is 293. The minimum Gasteiger partial charge on any atom is -0.330 e. The predicted octanol–water partition coefficient (Wildman–Crippen LogP) is 0.783. The summed E-state index contributed by atoms with van der Waals surface area (Å²) in [5.41, 5.74) is 7.00. The maximum absolute atomic E-state index is 5.72. The number of aryl methyl sites for hydroxylation is 1. The van der Waals surface area contributed by atoms with Crippen LogP contribution in [-0.4, -0.2) is 29.4 Å². The van der Waals surface area contributed by atoms with Crippen LogP contribution >= 0.6 is 0 Å². The zero-order valence-electron chi connectivity index (χ0n) is 10.6. The molecular weight excluding hydrogens is 200 g/mol. The SMILES string of the molecule is CC(C)C(CN)CNCCc1cnn(C)c1. The minimum absolute atomic E-state index is 0.578. The van der Waals surface area contributed by atoms with E-state index in [1.165, 1.54) is 5.56 Å². The second kappa shape index (κ2) is 6.66. The zero-order valence-corrected chi connectivity index (χ0v) is 10.6. The lowest BCUT2D eigenvalue weighted by atomic mass is 9.96. The Morgan fingerprint density at radius 3 is 2.75 bits per heavy atom. The highest BCUT2D eigenvalue weighted by Crippen LogP contribution is 2.07. The van der Waals surface area contributed by atoms with E-state index >= 15 is 0 Å². The van der Waals surface area contributed by atoms with E-state index in [9.17, 15) is 0 Å². The van der Waals surface area contributed by atoms with Crippen molar-refractivity contribution in [3.8, 4) is 0 Å². The van der Waals surface area contributed by atoms with Crippen molar-refractivity contribution in [3.63, 3.8) is 0 Å². The number of hydrogen-bond donors (Lipinski definition) is 2. The Morgan fingerprint density at radius 2 is 2.25 bits per heavy atom. The van der Waals surface area contributed by atoms with E-state index in [-0.39, 0.29) is 0 Å². The molecular formula is C12H24N4. The van der Waals surface area contributed by atoms with Crippen molar-refractivity contribution in [1.29, 1.82) is 0 Å². The maximum Gasteiger partial charge on any atom is 0.0522 e. The lowest BCUT2D eigenvalue weighted by molar-refractivity contribution is 0.372. The molecule has 0 amide bonds. The molecule has 0 aliphatic carbocycles. The first-order valence-electron chi connectivity index (χ1n) is 6.01. The monoisotopic (exact) mass is 224 g/mol. The molecule has 0 saturated heterocycles. The summed E-state index contributed by atoms with van der Waals surface area (Å²) in [6.45, 7) is 7.21. The van der Waals surface area contributed by atoms with Crippen LogP contribution in [0, 0.1) is 11.8 Å². The van der Waals surface area contributed by atoms with Crippen molar-refractivity contribution < 1.29 is 0 Å². The first-order valence-corrected chi connectivity index (χ1v) is 6.01. The highest BCUT2D eigenvalue weighted by Gasteiger charge is 2.10. The molecule has 0 aromatic carbocycles. The molecule has 92 valence electrons. The second-order valence-electron chi connectivity index (χ2n) is 4.72. The average Bonchev–Trinajstić information content (AvgIpc) is 2.64. The van der Waals surface area contributed by atoms with Gasteiger partial charge in [-0.15, -0.1) is 0 Å². The molecule has 1 heterocycles. The van der Waals surface area contributed by atoms with Crippen LogP contribution in [0.25, 0.3) is 0 Å². The molecule has 0 aliphatic rings. The van der Waals surface area contributed by atoms with Crippen LogP contribution in [0.4, 0.5) is 0 Å². The first-order chi connectivity index (χ1) is 7.63. The molecule has 4 heteroatoms. The Hall–Kier alpha value is -0.870. The third-order valence-corrected chi connectivity index (χ3v) is 3.00. The van der Waals surface area contributed by atoms with Crippen molar-refractivity contribution >= 4 is 0 Å². The van der Waals surface area contributed by atoms with Crippen molar-refractivity contribution in [2.45, 2.75) is 20.3 Å². The van der Waals surface area contributed by atoms with Gasteiger partial charge in [-0.1, -0.05) is 13.8 Å². The number of hydrogen-bond acceptors (Lipinski definition) is 3. The smallest absolute Gasteiger partial charge is 0.0522 e. The van der Waals surface area contributed by atoms with Gasteiger partial charge in [-0.25, -0.2) is 0 Å². The molecule has 1 aromatic rings. The van der Waals surface area contributed by atoms with Crippen LogP contribution in [0.5, 0.6) is 0 Å². The number of rotatable bonds is 7. The molecule has 0 spiro atoms. The Labute approximate surface area is 98.2 Å². The topological polar surface area (TPSA) is 55.9 Å². The fraction of sp³-hybridized carbons (Fsp3) is 0.750. The third kappa shape index (κ3) is 4.33. The van der Waals surface area contributed by atoms with Gasteiger partial charge in [0.05, 0.1) is 6.20 Å². The van der Waals surface area contributed by atoms with Crippen molar-refractivity contribution in [3.05, 3.63) is 18.0 Å². The maximum atomic E-state index is 5.72. The van der Waals surface area contributed by atoms with Crippen LogP contribution in [0.1, 0.15) is 19.4 Å². The Kier molecular flexibility index (Phi) is 5.49. The summed E-state index contributed by atoms with van der Waals surface area (Å²) in [7, 11) is 1.94. The predicted molar refractivity (Wildman–Crippen MR) is 67.2 cm³/mol. The van der Waals surface area contributed by atoms with Gasteiger partial charge in [-0.05, 0) is 43.5 Å². The lowest BCUT2D eigenvalue weighted by Gasteiger charge is -2.19. The highest BCUT2D eigenvalue weighted by molar-refractivity contribution is 5.03. The fourth-order valence-electron chi connectivity index (χ4n) is 1.71. The molecule has 1 aromatic heterocycles. The summed E-state index contributed by atoms with van der Waals surface area (Å²) in [5, 5.41) is 7.60. The number of nitrogens with one attached hydrogen (secondary N) is 1. The van der Waals surface area contributed by atoms with Crippen LogP contribution in [0.2, 0.25) is 0 Å². The van der Waals surface area contributed by atoms with Crippen LogP contribution in [0.15, 0.2) is 12.4 Å². The molecule has 0 aliphatic heterocycles. The van der Waals surface area contributed by atoms with Crippen LogP contribution in [-0.2, 0) is 13.5 Å². The summed E-state index contributed by atoms with van der Waals surface area (Å²) in [6.07, 6.45) is 5.01. The molecule has 1 rings (SSSR count). The number of aromatic nitrogens is 2. The third-order valence-electron chi connectivity index (χ3n) is 3.00. The summed E-state index contributed by atoms with van der Waals surface area (Å²) >= 11 is 0. The van der Waals surface area contributed by atoms with Crippen LogP contribution in [0.3, 0.4) is 0 Å². The Balaban J connectivity index is 2.16. The van der Waals surface area contributed by atoms with E-state index < -0.39 is 0 Å².